The van der Waals surface area contributed by atoms with Crippen LogP contribution >= 0.6 is 0 Å². The first-order valence-electron chi connectivity index (χ1n) is 6.85. The molecule has 1 unspecified atom stereocenters. The van der Waals surface area contributed by atoms with Crippen molar-refractivity contribution in [3.63, 3.8) is 0 Å². The van der Waals surface area contributed by atoms with Crippen LogP contribution in [-0.4, -0.2) is 54.6 Å². The number of carbonyl (C=O) groups excluding carboxylic acids is 2. The van der Waals surface area contributed by atoms with Crippen molar-refractivity contribution in [3.05, 3.63) is 35.9 Å². The highest BCUT2D eigenvalue weighted by atomic mass is 16.2. The fraction of sp³-hybridized carbons (Fsp3) is 0.429. The van der Waals surface area contributed by atoms with Crippen LogP contribution in [0.15, 0.2) is 30.3 Å². The Kier molecular flexibility index (Phi) is 3.66. The zero-order valence-electron chi connectivity index (χ0n) is 11.2. The molecule has 0 aliphatic carbocycles. The largest absolute Gasteiger partial charge is 0.326 e. The van der Waals surface area contributed by atoms with Crippen LogP contribution in [0, 0.1) is 0 Å². The van der Waals surface area contributed by atoms with Crippen molar-refractivity contribution in [2.45, 2.75) is 6.04 Å². The minimum Gasteiger partial charge on any atom is -0.322 e. The molecule has 0 radical (unpaired) electrons. The molecule has 20 heavy (non-hydrogen) atoms. The van der Waals surface area contributed by atoms with Crippen LogP contribution in [0.2, 0.25) is 0 Å². The minimum absolute atomic E-state index is 0.167. The predicted molar refractivity (Wildman–Crippen MR) is 73.9 cm³/mol. The lowest BCUT2D eigenvalue weighted by atomic mass is 10.1. The number of nitrogens with one attached hydrogen (secondary N) is 2. The lowest BCUT2D eigenvalue weighted by Crippen LogP contribution is -2.49. The Morgan fingerprint density at radius 2 is 1.80 bits per heavy atom. The number of urea groups is 1. The number of piperazine rings is 1. The zero-order chi connectivity index (χ0) is 13.9. The van der Waals surface area contributed by atoms with Gasteiger partial charge in [-0.15, -0.1) is 0 Å². The van der Waals surface area contributed by atoms with Crippen molar-refractivity contribution in [1.82, 2.24) is 20.4 Å². The van der Waals surface area contributed by atoms with Crippen molar-refractivity contribution in [2.75, 3.05) is 32.8 Å². The molecular formula is C14H18N4O2. The molecule has 0 saturated carbocycles. The minimum atomic E-state index is -0.549. The summed E-state index contributed by atoms with van der Waals surface area (Å²) in [5.74, 6) is -0.167. The van der Waals surface area contributed by atoms with Crippen LogP contribution in [-0.2, 0) is 4.79 Å². The molecule has 3 rings (SSSR count). The standard InChI is InChI=1S/C14H18N4O2/c19-13-12(11-4-2-1-3-5-11)16-14(20)18(13)10-17-8-6-15-7-9-17/h1-5,12,15H,6-10H2,(H,16,20). The van der Waals surface area contributed by atoms with Crippen molar-refractivity contribution >= 4 is 11.9 Å². The average molecular weight is 274 g/mol. The van der Waals surface area contributed by atoms with E-state index in [1.165, 1.54) is 4.90 Å². The van der Waals surface area contributed by atoms with Crippen molar-refractivity contribution in [2.24, 2.45) is 0 Å². The smallest absolute Gasteiger partial charge is 0.322 e. The Balaban J connectivity index is 1.70. The third-order valence-corrected chi connectivity index (χ3v) is 3.71. The lowest BCUT2D eigenvalue weighted by Gasteiger charge is -2.29. The van der Waals surface area contributed by atoms with Gasteiger partial charge >= 0.3 is 6.03 Å². The number of benzene rings is 1. The molecule has 3 amide bonds. The summed E-state index contributed by atoms with van der Waals surface area (Å²) >= 11 is 0. The highest BCUT2D eigenvalue weighted by Gasteiger charge is 2.39. The van der Waals surface area contributed by atoms with Crippen LogP contribution in [0.5, 0.6) is 0 Å². The first kappa shape index (κ1) is 13.1. The zero-order valence-corrected chi connectivity index (χ0v) is 11.2. The number of nitrogens with zero attached hydrogens (tertiary/aromatic N) is 2. The highest BCUT2D eigenvalue weighted by molar-refractivity contribution is 6.04. The summed E-state index contributed by atoms with van der Waals surface area (Å²) in [6.07, 6.45) is 0. The predicted octanol–water partition coefficient (Wildman–Crippen LogP) is 0.142. The maximum atomic E-state index is 12.4. The van der Waals surface area contributed by atoms with E-state index in [4.69, 9.17) is 0 Å². The van der Waals surface area contributed by atoms with Gasteiger partial charge in [0.2, 0.25) is 0 Å². The van der Waals surface area contributed by atoms with Crippen molar-refractivity contribution < 1.29 is 9.59 Å². The van der Waals surface area contributed by atoms with E-state index >= 15 is 0 Å². The maximum absolute atomic E-state index is 12.4. The third-order valence-electron chi connectivity index (χ3n) is 3.71. The molecule has 2 aliphatic rings. The fourth-order valence-corrected chi connectivity index (χ4v) is 2.58. The number of imide groups is 1. The second kappa shape index (κ2) is 5.60. The quantitative estimate of drug-likeness (QED) is 0.770. The molecule has 106 valence electrons. The van der Waals surface area contributed by atoms with E-state index in [0.29, 0.717) is 6.67 Å². The highest BCUT2D eigenvalue weighted by Crippen LogP contribution is 2.21. The molecule has 1 aromatic carbocycles. The molecule has 2 heterocycles. The van der Waals surface area contributed by atoms with Gasteiger partial charge in [0.1, 0.15) is 6.04 Å². The van der Waals surface area contributed by atoms with Crippen LogP contribution in [0.3, 0.4) is 0 Å². The van der Waals surface area contributed by atoms with Crippen LogP contribution in [0.25, 0.3) is 0 Å². The second-order valence-corrected chi connectivity index (χ2v) is 5.07. The molecule has 6 nitrogen and oxygen atoms in total. The lowest BCUT2D eigenvalue weighted by molar-refractivity contribution is -0.129. The van der Waals surface area contributed by atoms with Gasteiger partial charge in [-0.3, -0.25) is 9.69 Å². The molecule has 0 aromatic heterocycles. The van der Waals surface area contributed by atoms with Gasteiger partial charge in [-0.1, -0.05) is 30.3 Å². The van der Waals surface area contributed by atoms with E-state index in [0.717, 1.165) is 31.7 Å². The summed E-state index contributed by atoms with van der Waals surface area (Å²) in [5, 5.41) is 6.01. The van der Waals surface area contributed by atoms with E-state index in [1.54, 1.807) is 0 Å². The molecule has 2 aliphatic heterocycles. The van der Waals surface area contributed by atoms with E-state index < -0.39 is 6.04 Å². The molecule has 0 spiro atoms. The van der Waals surface area contributed by atoms with Gasteiger partial charge in [-0.25, -0.2) is 9.69 Å². The molecule has 2 saturated heterocycles. The monoisotopic (exact) mass is 274 g/mol. The van der Waals surface area contributed by atoms with Crippen LogP contribution < -0.4 is 10.6 Å². The number of hydrogen-bond donors (Lipinski definition) is 2. The SMILES string of the molecule is O=C1NC(c2ccccc2)C(=O)N1CN1CCNCC1. The Labute approximate surface area is 117 Å². The van der Waals surface area contributed by atoms with Crippen LogP contribution in [0.1, 0.15) is 11.6 Å². The van der Waals surface area contributed by atoms with Gasteiger partial charge < -0.3 is 10.6 Å². The van der Waals surface area contributed by atoms with Crippen molar-refractivity contribution in [3.8, 4) is 0 Å². The summed E-state index contributed by atoms with van der Waals surface area (Å²) in [6, 6.07) is 8.49. The molecule has 1 aromatic rings. The van der Waals surface area contributed by atoms with Gasteiger partial charge in [0.15, 0.2) is 0 Å². The summed E-state index contributed by atoms with van der Waals surface area (Å²) in [6.45, 7) is 3.87. The van der Waals surface area contributed by atoms with E-state index in [2.05, 4.69) is 15.5 Å². The molecule has 1 atom stereocenters. The Hall–Kier alpha value is -1.92. The fourth-order valence-electron chi connectivity index (χ4n) is 2.58. The van der Waals surface area contributed by atoms with E-state index in [9.17, 15) is 9.59 Å². The number of rotatable bonds is 3. The molecule has 2 fully saturated rings. The Morgan fingerprint density at radius 1 is 1.10 bits per heavy atom. The number of hydrogen-bond acceptors (Lipinski definition) is 4. The maximum Gasteiger partial charge on any atom is 0.326 e. The molecular weight excluding hydrogens is 256 g/mol. The van der Waals surface area contributed by atoms with Gasteiger partial charge in [0.25, 0.3) is 5.91 Å². The number of carbonyl (C=O) groups is 2. The van der Waals surface area contributed by atoms with Gasteiger partial charge in [-0.2, -0.15) is 0 Å². The second-order valence-electron chi connectivity index (χ2n) is 5.07. The molecule has 2 N–H and O–H groups in total. The Morgan fingerprint density at radius 3 is 2.50 bits per heavy atom. The van der Waals surface area contributed by atoms with Gasteiger partial charge in [-0.05, 0) is 5.56 Å². The molecule has 6 heteroatoms. The van der Waals surface area contributed by atoms with Gasteiger partial charge in [0.05, 0.1) is 6.67 Å². The van der Waals surface area contributed by atoms with E-state index in [-0.39, 0.29) is 11.9 Å². The molecule has 0 bridgehead atoms. The normalized spacial score (nSPS) is 24.0. The first-order chi connectivity index (χ1) is 9.75. The third kappa shape index (κ3) is 2.52. The summed E-state index contributed by atoms with van der Waals surface area (Å²) in [4.78, 5) is 27.8. The summed E-state index contributed by atoms with van der Waals surface area (Å²) in [5.41, 5.74) is 0.827. The van der Waals surface area contributed by atoms with Crippen molar-refractivity contribution in [1.29, 1.82) is 0 Å². The average Bonchev–Trinajstić information content (AvgIpc) is 2.77. The number of amides is 3. The Bertz CT molecular complexity index is 499. The van der Waals surface area contributed by atoms with Crippen LogP contribution in [0.4, 0.5) is 4.79 Å². The van der Waals surface area contributed by atoms with Gasteiger partial charge in [0, 0.05) is 26.2 Å². The van der Waals surface area contributed by atoms with E-state index in [1.807, 2.05) is 30.3 Å². The topological polar surface area (TPSA) is 64.7 Å². The summed E-state index contributed by atoms with van der Waals surface area (Å²) in [7, 11) is 0. The first-order valence-corrected chi connectivity index (χ1v) is 6.85. The summed E-state index contributed by atoms with van der Waals surface area (Å²) < 4.78 is 0.